The number of rotatable bonds is 3. The Morgan fingerprint density at radius 2 is 1.24 bits per heavy atom. The van der Waals surface area contributed by atoms with Gasteiger partial charge in [0.2, 0.25) is 0 Å². The van der Waals surface area contributed by atoms with Gasteiger partial charge in [-0.05, 0) is 55.5 Å². The molecule has 3 aromatic rings. The zero-order valence-corrected chi connectivity index (χ0v) is 18.5. The lowest BCUT2D eigenvalue weighted by molar-refractivity contribution is -0.187. The van der Waals surface area contributed by atoms with Gasteiger partial charge in [-0.2, -0.15) is 13.2 Å². The molecule has 0 aromatic heterocycles. The first kappa shape index (κ1) is 22.9. The Morgan fingerprint density at radius 3 is 1.64 bits per heavy atom. The number of nitrogens with zero attached hydrogens (tertiary/aromatic N) is 2. The third-order valence-electron chi connectivity index (χ3n) is 5.25. The van der Waals surface area contributed by atoms with Gasteiger partial charge < -0.3 is 0 Å². The van der Waals surface area contributed by atoms with Crippen LogP contribution in [0.5, 0.6) is 0 Å². The molecule has 5 nitrogen and oxygen atoms in total. The highest BCUT2D eigenvalue weighted by atomic mass is 35.5. The Balaban J connectivity index is 2.12. The minimum Gasteiger partial charge on any atom is -0.259 e. The Bertz CT molecular complexity index is 1150. The molecule has 33 heavy (non-hydrogen) atoms. The normalized spacial score (nSPS) is 16.1. The number of aryl methyl sites for hydroxylation is 1. The summed E-state index contributed by atoms with van der Waals surface area (Å²) in [6, 6.07) is 13.7. The third kappa shape index (κ3) is 3.79. The number of carbonyl (C=O) groups is 2. The van der Waals surface area contributed by atoms with Crippen LogP contribution >= 0.6 is 23.2 Å². The minimum atomic E-state index is -5.13. The number of anilines is 2. The molecule has 10 heteroatoms. The Hall–Kier alpha value is -3.23. The van der Waals surface area contributed by atoms with E-state index in [4.69, 9.17) is 23.2 Å². The second-order valence-corrected chi connectivity index (χ2v) is 8.27. The van der Waals surface area contributed by atoms with Gasteiger partial charge in [-0.15, -0.1) is 0 Å². The fourth-order valence-corrected chi connectivity index (χ4v) is 4.17. The smallest absolute Gasteiger partial charge is 0.259 e. The Labute approximate surface area is 197 Å². The quantitative estimate of drug-likeness (QED) is 0.432. The van der Waals surface area contributed by atoms with Crippen molar-refractivity contribution in [3.63, 3.8) is 0 Å². The lowest BCUT2D eigenvalue weighted by atomic mass is 9.90. The van der Waals surface area contributed by atoms with Crippen LogP contribution in [-0.4, -0.2) is 18.2 Å². The summed E-state index contributed by atoms with van der Waals surface area (Å²) in [6.45, 7) is 1.62. The summed E-state index contributed by atoms with van der Waals surface area (Å²) in [4.78, 5) is 27.2. The molecule has 1 heterocycles. The molecule has 1 fully saturated rings. The topological polar surface area (TPSA) is 52.7 Å². The number of benzene rings is 3. The lowest BCUT2D eigenvalue weighted by Gasteiger charge is -2.53. The number of nitrogens with one attached hydrogen (secondary N) is 1. The van der Waals surface area contributed by atoms with E-state index in [-0.39, 0.29) is 27.0 Å². The number of hydrogen-bond donors (Lipinski definition) is 1. The number of halogens is 5. The maximum Gasteiger partial charge on any atom is 0.436 e. The number of amides is 4. The van der Waals surface area contributed by atoms with Gasteiger partial charge in [0.25, 0.3) is 5.66 Å². The molecule has 3 aromatic carbocycles. The van der Waals surface area contributed by atoms with Crippen molar-refractivity contribution in [2.45, 2.75) is 18.8 Å². The van der Waals surface area contributed by atoms with E-state index in [0.29, 0.717) is 15.4 Å². The van der Waals surface area contributed by atoms with E-state index in [1.54, 1.807) is 13.0 Å². The molecular formula is C23H16Cl2F3N3O2. The van der Waals surface area contributed by atoms with E-state index in [1.807, 2.05) is 5.32 Å². The van der Waals surface area contributed by atoms with Crippen LogP contribution in [0.1, 0.15) is 11.1 Å². The summed E-state index contributed by atoms with van der Waals surface area (Å²) >= 11 is 11.9. The number of hydrogen-bond acceptors (Lipinski definition) is 2. The molecule has 1 aliphatic rings. The highest BCUT2D eigenvalue weighted by molar-refractivity contribution is 6.31. The van der Waals surface area contributed by atoms with E-state index in [2.05, 4.69) is 0 Å². The fraction of sp³-hybridized carbons (Fsp3) is 0.130. The van der Waals surface area contributed by atoms with Crippen molar-refractivity contribution in [1.29, 1.82) is 0 Å². The first-order valence-electron chi connectivity index (χ1n) is 9.66. The molecule has 0 aliphatic carbocycles. The summed E-state index contributed by atoms with van der Waals surface area (Å²) in [5.41, 5.74) is -3.23. The molecule has 4 rings (SSSR count). The number of carbonyl (C=O) groups excluding carboxylic acids is 2. The molecule has 0 unspecified atom stereocenters. The predicted molar refractivity (Wildman–Crippen MR) is 121 cm³/mol. The first-order valence-corrected chi connectivity index (χ1v) is 10.4. The average molecular weight is 494 g/mol. The van der Waals surface area contributed by atoms with Crippen molar-refractivity contribution in [2.75, 3.05) is 9.80 Å². The van der Waals surface area contributed by atoms with E-state index >= 15 is 13.2 Å². The van der Waals surface area contributed by atoms with Crippen LogP contribution in [0.2, 0.25) is 10.0 Å². The van der Waals surface area contributed by atoms with Gasteiger partial charge in [-0.1, -0.05) is 53.0 Å². The van der Waals surface area contributed by atoms with Crippen LogP contribution in [-0.2, 0) is 5.66 Å². The monoisotopic (exact) mass is 493 g/mol. The molecule has 0 spiro atoms. The van der Waals surface area contributed by atoms with E-state index in [9.17, 15) is 9.59 Å². The molecule has 1 N–H and O–H groups in total. The maximum atomic E-state index is 15.3. The van der Waals surface area contributed by atoms with E-state index in [1.165, 1.54) is 66.7 Å². The van der Waals surface area contributed by atoms with Crippen LogP contribution in [0, 0.1) is 6.92 Å². The summed E-state index contributed by atoms with van der Waals surface area (Å²) in [6.07, 6.45) is -5.13. The molecule has 0 atom stereocenters. The molecule has 170 valence electrons. The number of alkyl halides is 3. The van der Waals surface area contributed by atoms with Gasteiger partial charge >= 0.3 is 18.2 Å². The minimum absolute atomic E-state index is 0.109. The second-order valence-electron chi connectivity index (χ2n) is 7.40. The van der Waals surface area contributed by atoms with Gasteiger partial charge in [-0.25, -0.2) is 9.59 Å². The molecular weight excluding hydrogens is 478 g/mol. The SMILES string of the molecule is Cc1cccc(C2(C(F)(F)F)N(c3ccc(Cl)cc3)C(=O)NC(=O)N2c2ccc(Cl)cc2)c1. The molecule has 1 saturated heterocycles. The van der Waals surface area contributed by atoms with E-state index in [0.717, 1.165) is 0 Å². The first-order chi connectivity index (χ1) is 15.6. The van der Waals surface area contributed by atoms with Crippen LogP contribution in [0.25, 0.3) is 0 Å². The van der Waals surface area contributed by atoms with Gasteiger partial charge in [-0.3, -0.25) is 15.1 Å². The Morgan fingerprint density at radius 1 is 0.788 bits per heavy atom. The van der Waals surface area contributed by atoms with Crippen molar-refractivity contribution in [2.24, 2.45) is 0 Å². The molecule has 4 amide bonds. The van der Waals surface area contributed by atoms with Gasteiger partial charge in [0, 0.05) is 27.0 Å². The molecule has 0 saturated carbocycles. The predicted octanol–water partition coefficient (Wildman–Crippen LogP) is 6.87. The zero-order chi connectivity index (χ0) is 24.0. The Kier molecular flexibility index (Phi) is 5.76. The average Bonchev–Trinajstić information content (AvgIpc) is 2.74. The number of urea groups is 2. The molecule has 0 radical (unpaired) electrons. The standard InChI is InChI=1S/C23H16Cl2F3N3O2/c1-14-3-2-4-15(13-14)22(23(26,27)28)30(18-9-5-16(24)6-10-18)20(32)29-21(33)31(22)19-11-7-17(25)8-12-19/h2-13H,1H3,(H,29,32,33). The fourth-order valence-electron chi connectivity index (χ4n) is 3.92. The second kappa shape index (κ2) is 8.28. The van der Waals surface area contributed by atoms with Crippen LogP contribution in [0.15, 0.2) is 72.8 Å². The van der Waals surface area contributed by atoms with Crippen molar-refractivity contribution >= 4 is 46.6 Å². The van der Waals surface area contributed by atoms with Crippen molar-refractivity contribution < 1.29 is 22.8 Å². The van der Waals surface area contributed by atoms with Crippen molar-refractivity contribution in [3.05, 3.63) is 94.0 Å². The number of imide groups is 1. The van der Waals surface area contributed by atoms with Gasteiger partial charge in [0.15, 0.2) is 0 Å². The van der Waals surface area contributed by atoms with Crippen LogP contribution in [0.4, 0.5) is 34.1 Å². The summed E-state index contributed by atoms with van der Waals surface area (Å²) in [5.74, 6) is 0. The maximum absolute atomic E-state index is 15.3. The highest BCUT2D eigenvalue weighted by Gasteiger charge is 2.69. The summed E-state index contributed by atoms with van der Waals surface area (Å²) in [5, 5.41) is 2.57. The zero-order valence-electron chi connectivity index (χ0n) is 17.0. The van der Waals surface area contributed by atoms with Crippen molar-refractivity contribution in [3.8, 4) is 0 Å². The lowest BCUT2D eigenvalue weighted by Crippen LogP contribution is -2.77. The third-order valence-corrected chi connectivity index (χ3v) is 5.76. The highest BCUT2D eigenvalue weighted by Crippen LogP contribution is 2.51. The van der Waals surface area contributed by atoms with Gasteiger partial charge in [0.05, 0.1) is 0 Å². The molecule has 0 bridgehead atoms. The van der Waals surface area contributed by atoms with Crippen LogP contribution < -0.4 is 15.1 Å². The summed E-state index contributed by atoms with van der Waals surface area (Å²) in [7, 11) is 0. The largest absolute Gasteiger partial charge is 0.436 e. The van der Waals surface area contributed by atoms with Crippen LogP contribution in [0.3, 0.4) is 0 Å². The van der Waals surface area contributed by atoms with Gasteiger partial charge in [0.1, 0.15) is 0 Å². The van der Waals surface area contributed by atoms with E-state index < -0.39 is 23.9 Å². The molecule has 1 aliphatic heterocycles. The summed E-state index contributed by atoms with van der Waals surface area (Å²) < 4.78 is 46.0. The van der Waals surface area contributed by atoms with Crippen molar-refractivity contribution in [1.82, 2.24) is 5.32 Å².